The van der Waals surface area contributed by atoms with E-state index >= 15 is 0 Å². The highest BCUT2D eigenvalue weighted by atomic mass is 16.1. The molecule has 124 valence electrons. The molecule has 0 aromatic heterocycles. The topological polar surface area (TPSA) is 63.2 Å². The summed E-state index contributed by atoms with van der Waals surface area (Å²) in [5.74, 6) is -0.207. The second kappa shape index (κ2) is 9.40. The fourth-order valence-electron chi connectivity index (χ4n) is 2.36. The number of hydrogen-bond acceptors (Lipinski definition) is 3. The maximum absolute atomic E-state index is 12.3. The van der Waals surface area contributed by atoms with E-state index in [9.17, 15) is 14.4 Å². The van der Waals surface area contributed by atoms with Crippen LogP contribution in [0.1, 0.15) is 52.0 Å². The van der Waals surface area contributed by atoms with E-state index in [-0.39, 0.29) is 11.7 Å². The number of carbonyl (C=O) groups excluding carboxylic acids is 3. The zero-order chi connectivity index (χ0) is 17.2. The van der Waals surface area contributed by atoms with Crippen LogP contribution in [0.4, 0.5) is 0 Å². The molecule has 0 bridgehead atoms. The molecule has 1 N–H and O–H groups in total. The van der Waals surface area contributed by atoms with Crippen molar-refractivity contribution in [1.82, 2.24) is 5.32 Å². The molecule has 2 aromatic carbocycles. The number of ketones is 1. The van der Waals surface area contributed by atoms with Crippen LogP contribution in [0.25, 0.3) is 0 Å². The van der Waals surface area contributed by atoms with Gasteiger partial charge in [0, 0.05) is 29.7 Å². The molecule has 0 saturated carbocycles. The van der Waals surface area contributed by atoms with Crippen molar-refractivity contribution in [2.75, 3.05) is 6.54 Å². The van der Waals surface area contributed by atoms with Gasteiger partial charge < -0.3 is 10.1 Å². The van der Waals surface area contributed by atoms with Gasteiger partial charge in [-0.15, -0.1) is 0 Å². The lowest BCUT2D eigenvalue weighted by molar-refractivity contribution is -0.107. The highest BCUT2D eigenvalue weighted by molar-refractivity contribution is 6.09. The van der Waals surface area contributed by atoms with Gasteiger partial charge in [-0.05, 0) is 25.0 Å². The first-order valence-corrected chi connectivity index (χ1v) is 8.14. The van der Waals surface area contributed by atoms with Gasteiger partial charge in [-0.1, -0.05) is 48.9 Å². The Bertz CT molecular complexity index is 678. The molecule has 0 fully saturated rings. The Morgan fingerprint density at radius 1 is 0.792 bits per heavy atom. The molecule has 4 nitrogen and oxygen atoms in total. The maximum atomic E-state index is 12.3. The molecule has 2 rings (SSSR count). The monoisotopic (exact) mass is 323 g/mol. The Kier molecular flexibility index (Phi) is 6.90. The molecule has 2 aromatic rings. The molecule has 0 unspecified atom stereocenters. The van der Waals surface area contributed by atoms with Gasteiger partial charge >= 0.3 is 0 Å². The molecule has 1 amide bonds. The summed E-state index contributed by atoms with van der Waals surface area (Å²) in [6.45, 7) is 0.586. The average Bonchev–Trinajstić information content (AvgIpc) is 2.64. The van der Waals surface area contributed by atoms with Gasteiger partial charge in [0.05, 0.1) is 0 Å². The fourth-order valence-corrected chi connectivity index (χ4v) is 2.36. The van der Waals surface area contributed by atoms with E-state index in [1.165, 1.54) is 0 Å². The van der Waals surface area contributed by atoms with Gasteiger partial charge in [-0.2, -0.15) is 0 Å². The summed E-state index contributed by atoms with van der Waals surface area (Å²) in [4.78, 5) is 34.5. The van der Waals surface area contributed by atoms with Gasteiger partial charge in [0.25, 0.3) is 5.91 Å². The fraction of sp³-hybridized carbons (Fsp3) is 0.250. The van der Waals surface area contributed by atoms with E-state index in [4.69, 9.17) is 0 Å². The van der Waals surface area contributed by atoms with Crippen molar-refractivity contribution in [3.05, 3.63) is 71.3 Å². The molecule has 24 heavy (non-hydrogen) atoms. The molecule has 0 aliphatic heterocycles. The molecule has 4 heteroatoms. The summed E-state index contributed by atoms with van der Waals surface area (Å²) >= 11 is 0. The maximum Gasteiger partial charge on any atom is 0.251 e. The number of rotatable bonds is 9. The SMILES string of the molecule is O=CCCCCCNC(=O)c1ccc(C(=O)c2ccccc2)cc1. The molecular formula is C20H21NO3. The first-order valence-electron chi connectivity index (χ1n) is 8.14. The number of amides is 1. The zero-order valence-electron chi connectivity index (χ0n) is 13.5. The summed E-state index contributed by atoms with van der Waals surface area (Å²) in [5, 5.41) is 2.84. The highest BCUT2D eigenvalue weighted by Crippen LogP contribution is 2.11. The largest absolute Gasteiger partial charge is 0.352 e. The van der Waals surface area contributed by atoms with Crippen LogP contribution in [-0.2, 0) is 4.79 Å². The molecule has 0 radical (unpaired) electrons. The van der Waals surface area contributed by atoms with Crippen LogP contribution in [0.15, 0.2) is 54.6 Å². The number of nitrogens with one attached hydrogen (secondary N) is 1. The van der Waals surface area contributed by atoms with Crippen LogP contribution in [0.3, 0.4) is 0 Å². The van der Waals surface area contributed by atoms with Crippen molar-refractivity contribution in [2.45, 2.75) is 25.7 Å². The van der Waals surface area contributed by atoms with Crippen molar-refractivity contribution in [2.24, 2.45) is 0 Å². The Labute approximate surface area is 141 Å². The Hall–Kier alpha value is -2.75. The lowest BCUT2D eigenvalue weighted by Crippen LogP contribution is -2.24. The van der Waals surface area contributed by atoms with Gasteiger partial charge in [0.15, 0.2) is 5.78 Å². The zero-order valence-corrected chi connectivity index (χ0v) is 13.5. The second-order valence-electron chi connectivity index (χ2n) is 5.54. The van der Waals surface area contributed by atoms with E-state index in [1.807, 2.05) is 18.2 Å². The summed E-state index contributed by atoms with van der Waals surface area (Å²) < 4.78 is 0. The number of unbranched alkanes of at least 4 members (excludes halogenated alkanes) is 3. The van der Waals surface area contributed by atoms with Crippen LogP contribution in [-0.4, -0.2) is 24.5 Å². The first kappa shape index (κ1) is 17.6. The van der Waals surface area contributed by atoms with E-state index < -0.39 is 0 Å². The van der Waals surface area contributed by atoms with Gasteiger partial charge in [0.2, 0.25) is 0 Å². The Morgan fingerprint density at radius 2 is 1.42 bits per heavy atom. The molecule has 0 spiro atoms. The summed E-state index contributed by atoms with van der Waals surface area (Å²) in [6.07, 6.45) is 4.12. The van der Waals surface area contributed by atoms with Crippen molar-refractivity contribution in [1.29, 1.82) is 0 Å². The lowest BCUT2D eigenvalue weighted by Gasteiger charge is -2.06. The minimum atomic E-state index is -0.149. The third kappa shape index (κ3) is 5.16. The van der Waals surface area contributed by atoms with Crippen LogP contribution < -0.4 is 5.32 Å². The van der Waals surface area contributed by atoms with Gasteiger partial charge in [0.1, 0.15) is 6.29 Å². The van der Waals surface area contributed by atoms with Crippen molar-refractivity contribution >= 4 is 18.0 Å². The van der Waals surface area contributed by atoms with E-state index in [0.717, 1.165) is 25.5 Å². The van der Waals surface area contributed by atoms with Gasteiger partial charge in [-0.3, -0.25) is 9.59 Å². The third-order valence-corrected chi connectivity index (χ3v) is 3.73. The normalized spacial score (nSPS) is 10.2. The summed E-state index contributed by atoms with van der Waals surface area (Å²) in [6, 6.07) is 15.7. The van der Waals surface area contributed by atoms with Crippen LogP contribution in [0.2, 0.25) is 0 Å². The summed E-state index contributed by atoms with van der Waals surface area (Å²) in [5.41, 5.74) is 1.73. The standard InChI is InChI=1S/C20H21NO3/c22-15-7-2-1-6-14-21-20(24)18-12-10-17(11-13-18)19(23)16-8-4-3-5-9-16/h3-5,8-13,15H,1-2,6-7,14H2,(H,21,24). The molecule has 0 saturated heterocycles. The van der Waals surface area contributed by atoms with E-state index in [0.29, 0.717) is 29.7 Å². The summed E-state index contributed by atoms with van der Waals surface area (Å²) in [7, 11) is 0. The average molecular weight is 323 g/mol. The Balaban J connectivity index is 1.86. The quantitative estimate of drug-likeness (QED) is 0.437. The molecule has 0 heterocycles. The Morgan fingerprint density at radius 3 is 2.08 bits per heavy atom. The predicted octanol–water partition coefficient (Wildman–Crippen LogP) is 3.41. The van der Waals surface area contributed by atoms with Crippen molar-refractivity contribution in [3.63, 3.8) is 0 Å². The second-order valence-corrected chi connectivity index (χ2v) is 5.54. The third-order valence-electron chi connectivity index (χ3n) is 3.73. The van der Waals surface area contributed by atoms with Crippen molar-refractivity contribution in [3.8, 4) is 0 Å². The number of aldehydes is 1. The van der Waals surface area contributed by atoms with Gasteiger partial charge in [-0.25, -0.2) is 0 Å². The highest BCUT2D eigenvalue weighted by Gasteiger charge is 2.10. The molecule has 0 aliphatic rings. The smallest absolute Gasteiger partial charge is 0.251 e. The van der Waals surface area contributed by atoms with Crippen LogP contribution in [0.5, 0.6) is 0 Å². The van der Waals surface area contributed by atoms with Crippen molar-refractivity contribution < 1.29 is 14.4 Å². The number of carbonyl (C=O) groups is 3. The first-order chi connectivity index (χ1) is 11.7. The van der Waals surface area contributed by atoms with E-state index in [2.05, 4.69) is 5.32 Å². The molecular weight excluding hydrogens is 302 g/mol. The minimum Gasteiger partial charge on any atom is -0.352 e. The molecule has 0 aliphatic carbocycles. The number of hydrogen-bond donors (Lipinski definition) is 1. The lowest BCUT2D eigenvalue weighted by atomic mass is 10.0. The molecule has 0 atom stereocenters. The minimum absolute atomic E-state index is 0.0577. The predicted molar refractivity (Wildman–Crippen MR) is 93.2 cm³/mol. The van der Waals surface area contributed by atoms with E-state index in [1.54, 1.807) is 36.4 Å². The van der Waals surface area contributed by atoms with Crippen LogP contribution in [0, 0.1) is 0 Å². The number of benzene rings is 2. The van der Waals surface area contributed by atoms with Crippen LogP contribution >= 0.6 is 0 Å².